The van der Waals surface area contributed by atoms with Crippen molar-refractivity contribution in [3.8, 4) is 12.3 Å². The van der Waals surface area contributed by atoms with Crippen LogP contribution in [0.2, 0.25) is 0 Å². The zero-order valence-corrected chi connectivity index (χ0v) is 11.6. The Hall–Kier alpha value is -1.68. The topological polar surface area (TPSA) is 12.0 Å². The number of hydrogen-bond acceptors (Lipinski definition) is 1. The molecule has 0 fully saturated rings. The van der Waals surface area contributed by atoms with Crippen molar-refractivity contribution in [3.63, 3.8) is 0 Å². The number of rotatable bonds is 5. The van der Waals surface area contributed by atoms with Crippen molar-refractivity contribution in [2.24, 2.45) is 5.92 Å². The van der Waals surface area contributed by atoms with Crippen LogP contribution in [0.4, 0.5) is 0 Å². The second kappa shape index (κ2) is 6.81. The van der Waals surface area contributed by atoms with Gasteiger partial charge in [0.2, 0.25) is 0 Å². The zero-order valence-electron chi connectivity index (χ0n) is 11.6. The van der Waals surface area contributed by atoms with Crippen molar-refractivity contribution in [1.29, 1.82) is 0 Å². The van der Waals surface area contributed by atoms with Gasteiger partial charge >= 0.3 is 0 Å². The standard InChI is InChI=1S/C16H23N/c1-9-13(6)16(10-14(7)11(2)3)17-15(8)12(4)5/h1,10,12,17H,2,8H2,3-7H3/b14-10+,16-13+. The normalized spacial score (nSPS) is 12.9. The van der Waals surface area contributed by atoms with Crippen LogP contribution in [0.3, 0.4) is 0 Å². The molecular formula is C16H23N. The molecule has 1 heteroatoms. The third-order valence-corrected chi connectivity index (χ3v) is 2.65. The highest BCUT2D eigenvalue weighted by atomic mass is 14.9. The van der Waals surface area contributed by atoms with Gasteiger partial charge in [-0.1, -0.05) is 38.5 Å². The summed E-state index contributed by atoms with van der Waals surface area (Å²) in [6.45, 7) is 18.0. The van der Waals surface area contributed by atoms with E-state index in [1.807, 2.05) is 26.8 Å². The fraction of sp³-hybridized carbons (Fsp3) is 0.375. The molecule has 1 N–H and O–H groups in total. The lowest BCUT2D eigenvalue weighted by Gasteiger charge is -2.15. The molecule has 0 unspecified atom stereocenters. The van der Waals surface area contributed by atoms with Gasteiger partial charge in [-0.05, 0) is 38.3 Å². The van der Waals surface area contributed by atoms with Gasteiger partial charge in [0.25, 0.3) is 0 Å². The van der Waals surface area contributed by atoms with E-state index in [2.05, 4.69) is 38.2 Å². The lowest BCUT2D eigenvalue weighted by molar-refractivity contribution is 0.707. The van der Waals surface area contributed by atoms with Crippen LogP contribution in [0, 0.1) is 18.3 Å². The van der Waals surface area contributed by atoms with E-state index in [1.165, 1.54) is 0 Å². The summed E-state index contributed by atoms with van der Waals surface area (Å²) in [6.07, 6.45) is 7.47. The molecule has 0 aliphatic carbocycles. The predicted molar refractivity (Wildman–Crippen MR) is 77.2 cm³/mol. The summed E-state index contributed by atoms with van der Waals surface area (Å²) in [7, 11) is 0. The van der Waals surface area contributed by atoms with Gasteiger partial charge in [0.05, 0.1) is 0 Å². The molecule has 0 radical (unpaired) electrons. The van der Waals surface area contributed by atoms with Crippen LogP contribution in [0.25, 0.3) is 0 Å². The first-order valence-electron chi connectivity index (χ1n) is 5.77. The van der Waals surface area contributed by atoms with E-state index in [4.69, 9.17) is 6.42 Å². The van der Waals surface area contributed by atoms with E-state index in [0.717, 1.165) is 28.1 Å². The molecule has 0 aromatic carbocycles. The van der Waals surface area contributed by atoms with Crippen molar-refractivity contribution in [2.75, 3.05) is 0 Å². The van der Waals surface area contributed by atoms with Gasteiger partial charge in [-0.15, -0.1) is 6.42 Å². The van der Waals surface area contributed by atoms with E-state index in [-0.39, 0.29) is 0 Å². The largest absolute Gasteiger partial charge is 0.358 e. The van der Waals surface area contributed by atoms with Crippen molar-refractivity contribution in [1.82, 2.24) is 5.32 Å². The van der Waals surface area contributed by atoms with Crippen molar-refractivity contribution in [2.45, 2.75) is 34.6 Å². The van der Waals surface area contributed by atoms with E-state index in [0.29, 0.717) is 5.92 Å². The molecule has 0 aliphatic rings. The molecule has 0 saturated heterocycles. The van der Waals surface area contributed by atoms with Crippen molar-refractivity contribution in [3.05, 3.63) is 47.3 Å². The third kappa shape index (κ3) is 5.26. The second-order valence-electron chi connectivity index (χ2n) is 4.60. The average molecular weight is 229 g/mol. The van der Waals surface area contributed by atoms with Crippen LogP contribution >= 0.6 is 0 Å². The van der Waals surface area contributed by atoms with Crippen LogP contribution in [-0.4, -0.2) is 0 Å². The van der Waals surface area contributed by atoms with Gasteiger partial charge < -0.3 is 5.32 Å². The van der Waals surface area contributed by atoms with Gasteiger partial charge in [0, 0.05) is 17.0 Å². The zero-order chi connectivity index (χ0) is 13.6. The van der Waals surface area contributed by atoms with Crippen LogP contribution in [0.15, 0.2) is 47.3 Å². The number of allylic oxidation sites excluding steroid dienone is 5. The molecule has 0 bridgehead atoms. The van der Waals surface area contributed by atoms with Gasteiger partial charge in [-0.2, -0.15) is 0 Å². The molecule has 0 atom stereocenters. The van der Waals surface area contributed by atoms with Crippen LogP contribution in [0.1, 0.15) is 34.6 Å². The first-order chi connectivity index (χ1) is 7.79. The Morgan fingerprint density at radius 1 is 1.24 bits per heavy atom. The Bertz CT molecular complexity index is 411. The molecular weight excluding hydrogens is 206 g/mol. The van der Waals surface area contributed by atoms with Gasteiger partial charge in [-0.25, -0.2) is 0 Å². The van der Waals surface area contributed by atoms with E-state index < -0.39 is 0 Å². The SMILES string of the molecule is C#C/C(C)=C(\C=C(/C)C(=C)C)NC(=C)C(C)C. The maximum Gasteiger partial charge on any atom is 0.0498 e. The lowest BCUT2D eigenvalue weighted by Crippen LogP contribution is -2.16. The van der Waals surface area contributed by atoms with Crippen molar-refractivity contribution < 1.29 is 0 Å². The van der Waals surface area contributed by atoms with Crippen molar-refractivity contribution >= 4 is 0 Å². The maximum absolute atomic E-state index is 5.45. The highest BCUT2D eigenvalue weighted by Gasteiger charge is 2.04. The van der Waals surface area contributed by atoms with Crippen LogP contribution in [-0.2, 0) is 0 Å². The molecule has 0 heterocycles. The summed E-state index contributed by atoms with van der Waals surface area (Å²) in [5.41, 5.74) is 4.89. The molecule has 0 saturated carbocycles. The second-order valence-corrected chi connectivity index (χ2v) is 4.60. The highest BCUT2D eigenvalue weighted by Crippen LogP contribution is 2.14. The minimum atomic E-state index is 0.370. The summed E-state index contributed by atoms with van der Waals surface area (Å²) in [4.78, 5) is 0. The number of nitrogens with one attached hydrogen (secondary N) is 1. The predicted octanol–water partition coefficient (Wildman–Crippen LogP) is 4.18. The van der Waals surface area contributed by atoms with Crippen LogP contribution < -0.4 is 5.32 Å². The van der Waals surface area contributed by atoms with Gasteiger partial charge in [-0.3, -0.25) is 0 Å². The molecule has 0 rings (SSSR count). The molecule has 0 aromatic rings. The lowest BCUT2D eigenvalue weighted by atomic mass is 10.1. The average Bonchev–Trinajstić information content (AvgIpc) is 2.26. The summed E-state index contributed by atoms with van der Waals surface area (Å²) in [6, 6.07) is 0. The first-order valence-corrected chi connectivity index (χ1v) is 5.77. The summed E-state index contributed by atoms with van der Waals surface area (Å²) in [5, 5.41) is 3.28. The van der Waals surface area contributed by atoms with E-state index >= 15 is 0 Å². The fourth-order valence-electron chi connectivity index (χ4n) is 0.973. The molecule has 92 valence electrons. The minimum absolute atomic E-state index is 0.370. The number of terminal acetylenes is 1. The summed E-state index contributed by atoms with van der Waals surface area (Å²) in [5.74, 6) is 3.02. The van der Waals surface area contributed by atoms with E-state index in [9.17, 15) is 0 Å². The summed E-state index contributed by atoms with van der Waals surface area (Å²) >= 11 is 0. The Balaban J connectivity index is 5.23. The monoisotopic (exact) mass is 229 g/mol. The first kappa shape index (κ1) is 15.3. The van der Waals surface area contributed by atoms with Gasteiger partial charge in [0.15, 0.2) is 0 Å². The van der Waals surface area contributed by atoms with Crippen LogP contribution in [0.5, 0.6) is 0 Å². The Labute approximate surface area is 106 Å². The molecule has 0 aliphatic heterocycles. The van der Waals surface area contributed by atoms with Gasteiger partial charge in [0.1, 0.15) is 0 Å². The Morgan fingerprint density at radius 3 is 2.12 bits per heavy atom. The smallest absolute Gasteiger partial charge is 0.0498 e. The minimum Gasteiger partial charge on any atom is -0.358 e. The highest BCUT2D eigenvalue weighted by molar-refractivity contribution is 5.41. The molecule has 17 heavy (non-hydrogen) atoms. The fourth-order valence-corrected chi connectivity index (χ4v) is 0.973. The molecule has 0 aromatic heterocycles. The maximum atomic E-state index is 5.45. The number of hydrogen-bond donors (Lipinski definition) is 1. The Morgan fingerprint density at radius 2 is 1.76 bits per heavy atom. The molecule has 1 nitrogen and oxygen atoms in total. The Kier molecular flexibility index (Phi) is 6.13. The third-order valence-electron chi connectivity index (χ3n) is 2.65. The molecule has 0 spiro atoms. The molecule has 0 amide bonds. The summed E-state index contributed by atoms with van der Waals surface area (Å²) < 4.78 is 0. The quantitative estimate of drug-likeness (QED) is 0.551. The van der Waals surface area contributed by atoms with E-state index in [1.54, 1.807) is 0 Å².